The van der Waals surface area contributed by atoms with E-state index in [-0.39, 0.29) is 13.4 Å². The van der Waals surface area contributed by atoms with E-state index in [0.29, 0.717) is 17.8 Å². The second-order valence-electron chi connectivity index (χ2n) is 5.42. The molecule has 0 saturated heterocycles. The van der Waals surface area contributed by atoms with Gasteiger partial charge in [-0.15, -0.1) is 0 Å². The lowest BCUT2D eigenvalue weighted by Crippen LogP contribution is -2.22. The zero-order valence-corrected chi connectivity index (χ0v) is 9.77. The molecule has 0 aromatic carbocycles. The minimum absolute atomic E-state index is 0.103. The normalized spacial score (nSPS) is 37.3. The minimum Gasteiger partial charge on any atom is -0.481 e. The third kappa shape index (κ3) is 2.27. The van der Waals surface area contributed by atoms with Crippen LogP contribution >= 0.6 is 0 Å². The first-order chi connectivity index (χ1) is 7.74. The molecule has 4 unspecified atom stereocenters. The van der Waals surface area contributed by atoms with Gasteiger partial charge in [-0.05, 0) is 37.0 Å². The summed E-state index contributed by atoms with van der Waals surface area (Å²) >= 11 is 0. The lowest BCUT2D eigenvalue weighted by molar-refractivity contribution is -0.143. The predicted octanol–water partition coefficient (Wildman–Crippen LogP) is 1.67. The van der Waals surface area contributed by atoms with Crippen LogP contribution in [-0.4, -0.2) is 23.6 Å². The summed E-state index contributed by atoms with van der Waals surface area (Å²) in [5.41, 5.74) is 0. The molecule has 90 valence electrons. The monoisotopic (exact) mass is 224 g/mol. The van der Waals surface area contributed by atoms with E-state index in [4.69, 9.17) is 5.02 Å². The molecule has 2 saturated carbocycles. The van der Waals surface area contributed by atoms with E-state index in [1.165, 1.54) is 19.3 Å². The van der Waals surface area contributed by atoms with Crippen molar-refractivity contribution in [1.82, 2.24) is 0 Å². The van der Waals surface area contributed by atoms with Crippen molar-refractivity contribution in [3.05, 3.63) is 0 Å². The number of carbonyl (C=O) groups is 1. The SMILES string of the molecule is O=C(O)C1CC2CCCC2C1CCCBO. The minimum atomic E-state index is -0.594. The highest BCUT2D eigenvalue weighted by Crippen LogP contribution is 2.52. The Labute approximate surface area is 97.5 Å². The highest BCUT2D eigenvalue weighted by atomic mass is 16.4. The number of fused-ring (bicyclic) bond motifs is 1. The van der Waals surface area contributed by atoms with Gasteiger partial charge in [-0.2, -0.15) is 0 Å². The predicted molar refractivity (Wildman–Crippen MR) is 63.5 cm³/mol. The van der Waals surface area contributed by atoms with Crippen molar-refractivity contribution >= 4 is 13.5 Å². The van der Waals surface area contributed by atoms with Crippen molar-refractivity contribution in [2.24, 2.45) is 23.7 Å². The van der Waals surface area contributed by atoms with Crippen LogP contribution in [0.2, 0.25) is 6.32 Å². The fraction of sp³-hybridized carbons (Fsp3) is 0.917. The fourth-order valence-corrected chi connectivity index (χ4v) is 3.91. The first kappa shape index (κ1) is 12.0. The molecule has 4 heteroatoms. The third-order valence-electron chi connectivity index (χ3n) is 4.60. The zero-order chi connectivity index (χ0) is 11.5. The molecule has 16 heavy (non-hydrogen) atoms. The van der Waals surface area contributed by atoms with Crippen molar-refractivity contribution in [3.63, 3.8) is 0 Å². The Morgan fingerprint density at radius 2 is 2.19 bits per heavy atom. The van der Waals surface area contributed by atoms with E-state index < -0.39 is 5.97 Å². The Hall–Kier alpha value is -0.505. The summed E-state index contributed by atoms with van der Waals surface area (Å²) in [6, 6.07) is 0. The Morgan fingerprint density at radius 1 is 1.38 bits per heavy atom. The summed E-state index contributed by atoms with van der Waals surface area (Å²) < 4.78 is 0. The molecule has 0 aromatic heterocycles. The number of rotatable bonds is 5. The maximum atomic E-state index is 11.2. The number of aliphatic carboxylic acids is 1. The van der Waals surface area contributed by atoms with E-state index in [2.05, 4.69) is 0 Å². The molecule has 3 nitrogen and oxygen atoms in total. The van der Waals surface area contributed by atoms with Gasteiger partial charge in [0.1, 0.15) is 0 Å². The third-order valence-corrected chi connectivity index (χ3v) is 4.60. The summed E-state index contributed by atoms with van der Waals surface area (Å²) in [7, 11) is 0.235. The largest absolute Gasteiger partial charge is 0.481 e. The molecule has 2 rings (SSSR count). The average molecular weight is 224 g/mol. The first-order valence-electron chi connectivity index (χ1n) is 6.57. The molecule has 0 amide bonds. The van der Waals surface area contributed by atoms with Crippen LogP contribution in [0, 0.1) is 23.7 Å². The molecular weight excluding hydrogens is 203 g/mol. The van der Waals surface area contributed by atoms with Crippen LogP contribution in [0.15, 0.2) is 0 Å². The van der Waals surface area contributed by atoms with Crippen LogP contribution in [0.1, 0.15) is 38.5 Å². The molecule has 0 bridgehead atoms. The van der Waals surface area contributed by atoms with E-state index in [1.54, 1.807) is 0 Å². The molecule has 2 fully saturated rings. The number of hydrogen-bond acceptors (Lipinski definition) is 2. The number of hydrogen-bond donors (Lipinski definition) is 2. The standard InChI is InChI=1S/C12H21BO3/c14-12(15)11-7-8-3-1-4-9(8)10(11)5-2-6-13-16/h8-11,13,16H,1-7H2,(H,14,15). The molecule has 0 spiro atoms. The fourth-order valence-electron chi connectivity index (χ4n) is 3.91. The molecule has 2 N–H and O–H groups in total. The van der Waals surface area contributed by atoms with Crippen LogP contribution < -0.4 is 0 Å². The Bertz CT molecular complexity index is 257. The smallest absolute Gasteiger partial charge is 0.306 e. The lowest BCUT2D eigenvalue weighted by Gasteiger charge is -2.21. The molecular formula is C12H21BO3. The van der Waals surface area contributed by atoms with Gasteiger partial charge in [0.2, 0.25) is 0 Å². The van der Waals surface area contributed by atoms with E-state index in [9.17, 15) is 9.90 Å². The molecule has 0 radical (unpaired) electrons. The van der Waals surface area contributed by atoms with Gasteiger partial charge in [-0.25, -0.2) is 0 Å². The molecule has 2 aliphatic carbocycles. The average Bonchev–Trinajstić information content (AvgIpc) is 2.79. The molecule has 4 atom stereocenters. The van der Waals surface area contributed by atoms with E-state index in [1.807, 2.05) is 0 Å². The zero-order valence-electron chi connectivity index (χ0n) is 9.77. The van der Waals surface area contributed by atoms with Crippen LogP contribution in [0.3, 0.4) is 0 Å². The molecule has 2 aliphatic rings. The van der Waals surface area contributed by atoms with Crippen molar-refractivity contribution < 1.29 is 14.9 Å². The van der Waals surface area contributed by atoms with Gasteiger partial charge in [0.05, 0.1) is 5.92 Å². The second-order valence-corrected chi connectivity index (χ2v) is 5.42. The number of carboxylic acids is 1. The van der Waals surface area contributed by atoms with Crippen molar-refractivity contribution in [2.75, 3.05) is 0 Å². The maximum absolute atomic E-state index is 11.2. The van der Waals surface area contributed by atoms with Gasteiger partial charge in [-0.3, -0.25) is 4.79 Å². The quantitative estimate of drug-likeness (QED) is 0.551. The summed E-state index contributed by atoms with van der Waals surface area (Å²) in [5.74, 6) is 1.04. The molecule has 0 aromatic rings. The van der Waals surface area contributed by atoms with Gasteiger partial charge in [0.25, 0.3) is 7.48 Å². The van der Waals surface area contributed by atoms with Crippen molar-refractivity contribution in [1.29, 1.82) is 0 Å². The Balaban J connectivity index is 1.95. The lowest BCUT2D eigenvalue weighted by atomic mass is 9.81. The summed E-state index contributed by atoms with van der Waals surface area (Å²) in [6.45, 7) is 0. The number of carboxylic acid groups (broad SMARTS) is 1. The Kier molecular flexibility index (Phi) is 3.90. The van der Waals surface area contributed by atoms with Crippen LogP contribution in [0.25, 0.3) is 0 Å². The topological polar surface area (TPSA) is 57.5 Å². The molecule has 0 aliphatic heterocycles. The van der Waals surface area contributed by atoms with E-state index in [0.717, 1.165) is 25.6 Å². The first-order valence-corrected chi connectivity index (χ1v) is 6.57. The van der Waals surface area contributed by atoms with Crippen molar-refractivity contribution in [2.45, 2.75) is 44.8 Å². The highest BCUT2D eigenvalue weighted by molar-refractivity contribution is 6.25. The van der Waals surface area contributed by atoms with Crippen LogP contribution in [0.5, 0.6) is 0 Å². The van der Waals surface area contributed by atoms with Gasteiger partial charge in [-0.1, -0.05) is 25.6 Å². The highest BCUT2D eigenvalue weighted by Gasteiger charge is 2.47. The van der Waals surface area contributed by atoms with E-state index >= 15 is 0 Å². The Morgan fingerprint density at radius 3 is 2.88 bits per heavy atom. The van der Waals surface area contributed by atoms with Crippen LogP contribution in [0.4, 0.5) is 0 Å². The van der Waals surface area contributed by atoms with Gasteiger partial charge in [0, 0.05) is 0 Å². The second kappa shape index (κ2) is 5.22. The van der Waals surface area contributed by atoms with Crippen LogP contribution in [-0.2, 0) is 4.79 Å². The summed E-state index contributed by atoms with van der Waals surface area (Å²) in [4.78, 5) is 11.2. The summed E-state index contributed by atoms with van der Waals surface area (Å²) in [6.07, 6.45) is 7.47. The summed E-state index contributed by atoms with van der Waals surface area (Å²) in [5, 5.41) is 18.0. The van der Waals surface area contributed by atoms with Gasteiger partial charge >= 0.3 is 5.97 Å². The van der Waals surface area contributed by atoms with Gasteiger partial charge in [0.15, 0.2) is 0 Å². The molecule has 0 heterocycles. The van der Waals surface area contributed by atoms with Crippen molar-refractivity contribution in [3.8, 4) is 0 Å². The van der Waals surface area contributed by atoms with Gasteiger partial charge < -0.3 is 10.1 Å². The maximum Gasteiger partial charge on any atom is 0.306 e.